The van der Waals surface area contributed by atoms with Crippen LogP contribution in [0.4, 0.5) is 4.39 Å². The van der Waals surface area contributed by atoms with Crippen LogP contribution in [-0.4, -0.2) is 29.1 Å². The number of aromatic nitrogens is 6. The molecule has 4 heterocycles. The number of hydrogen-bond donors (Lipinski definition) is 0. The molecule has 1 aromatic carbocycles. The summed E-state index contributed by atoms with van der Waals surface area (Å²) in [6.45, 7) is 1.92. The molecule has 0 radical (unpaired) electrons. The lowest BCUT2D eigenvalue weighted by atomic mass is 10.2. The third kappa shape index (κ3) is 3.78. The third-order valence-corrected chi connectivity index (χ3v) is 5.82. The summed E-state index contributed by atoms with van der Waals surface area (Å²) in [6.07, 6.45) is 5.08. The monoisotopic (exact) mass is 444 g/mol. The molecule has 158 valence electrons. The zero-order valence-corrected chi connectivity index (χ0v) is 17.8. The van der Waals surface area contributed by atoms with Gasteiger partial charge < -0.3 is 0 Å². The van der Waals surface area contributed by atoms with Gasteiger partial charge in [0.1, 0.15) is 11.5 Å². The van der Waals surface area contributed by atoms with Gasteiger partial charge in [-0.2, -0.15) is 0 Å². The Kier molecular flexibility index (Phi) is 5.24. The molecule has 5 aromatic rings. The number of rotatable bonds is 5. The fourth-order valence-electron chi connectivity index (χ4n) is 3.37. The van der Waals surface area contributed by atoms with Crippen LogP contribution in [0, 0.1) is 12.7 Å². The maximum Gasteiger partial charge on any atom is 0.258 e. The summed E-state index contributed by atoms with van der Waals surface area (Å²) >= 11 is 1.33. The number of pyridine rings is 2. The molecule has 0 N–H and O–H groups in total. The lowest BCUT2D eigenvalue weighted by molar-refractivity contribution is 0.613. The van der Waals surface area contributed by atoms with Crippen molar-refractivity contribution in [3.05, 3.63) is 101 Å². The predicted octanol–water partition coefficient (Wildman–Crippen LogP) is 4.08. The van der Waals surface area contributed by atoms with E-state index >= 15 is 0 Å². The van der Waals surface area contributed by atoms with Gasteiger partial charge in [-0.15, -0.1) is 10.2 Å². The molecule has 0 unspecified atom stereocenters. The van der Waals surface area contributed by atoms with Crippen molar-refractivity contribution in [1.82, 2.24) is 29.1 Å². The number of fused-ring (bicyclic) bond motifs is 1. The van der Waals surface area contributed by atoms with Crippen LogP contribution < -0.4 is 5.56 Å². The Labute approximate surface area is 186 Å². The van der Waals surface area contributed by atoms with E-state index in [1.165, 1.54) is 28.3 Å². The van der Waals surface area contributed by atoms with Crippen molar-refractivity contribution in [2.24, 2.45) is 0 Å². The smallest absolute Gasteiger partial charge is 0.258 e. The molecule has 0 atom stereocenters. The fourth-order valence-corrected chi connectivity index (χ4v) is 4.20. The SMILES string of the molecule is Cc1ccc2nc(CSc3nnc(-c4cccnc4)n3-c3ccccc3F)cc(=O)n2c1. The lowest BCUT2D eigenvalue weighted by Crippen LogP contribution is -2.15. The number of benzene rings is 1. The van der Waals surface area contributed by atoms with E-state index in [4.69, 9.17) is 0 Å². The Morgan fingerprint density at radius 2 is 1.94 bits per heavy atom. The van der Waals surface area contributed by atoms with E-state index in [0.29, 0.717) is 39.3 Å². The minimum absolute atomic E-state index is 0.152. The Hall–Kier alpha value is -3.85. The molecular formula is C23H17FN6OS. The maximum absolute atomic E-state index is 14.7. The topological polar surface area (TPSA) is 78.0 Å². The third-order valence-electron chi connectivity index (χ3n) is 4.86. The minimum Gasteiger partial charge on any atom is -0.269 e. The first-order valence-corrected chi connectivity index (χ1v) is 10.8. The van der Waals surface area contributed by atoms with Crippen molar-refractivity contribution >= 4 is 17.4 Å². The van der Waals surface area contributed by atoms with Crippen LogP contribution in [-0.2, 0) is 5.75 Å². The number of halogens is 1. The number of para-hydroxylation sites is 1. The number of aryl methyl sites for hydroxylation is 1. The molecule has 0 aliphatic heterocycles. The first kappa shape index (κ1) is 20.1. The molecule has 0 spiro atoms. The molecule has 32 heavy (non-hydrogen) atoms. The molecule has 0 aliphatic rings. The van der Waals surface area contributed by atoms with Gasteiger partial charge >= 0.3 is 0 Å². The molecular weight excluding hydrogens is 427 g/mol. The van der Waals surface area contributed by atoms with Crippen molar-refractivity contribution < 1.29 is 4.39 Å². The zero-order chi connectivity index (χ0) is 22.1. The van der Waals surface area contributed by atoms with Crippen molar-refractivity contribution in [3.63, 3.8) is 0 Å². The van der Waals surface area contributed by atoms with Crippen molar-refractivity contribution in [2.75, 3.05) is 0 Å². The van der Waals surface area contributed by atoms with Gasteiger partial charge in [-0.3, -0.25) is 18.7 Å². The Morgan fingerprint density at radius 1 is 1.06 bits per heavy atom. The van der Waals surface area contributed by atoms with E-state index in [9.17, 15) is 9.18 Å². The summed E-state index contributed by atoms with van der Waals surface area (Å²) in [5.74, 6) is 0.462. The van der Waals surface area contributed by atoms with E-state index in [0.717, 1.165) is 5.56 Å². The standard InChI is InChI=1S/C23H17FN6OS/c1-15-8-9-20-26-17(11-21(31)29(20)13-15)14-32-23-28-27-22(16-5-4-10-25-12-16)30(23)19-7-3-2-6-18(19)24/h2-13H,14H2,1H3. The summed E-state index contributed by atoms with van der Waals surface area (Å²) in [5, 5.41) is 9.07. The first-order chi connectivity index (χ1) is 15.6. The lowest BCUT2D eigenvalue weighted by Gasteiger charge is -2.11. The van der Waals surface area contributed by atoms with E-state index in [1.807, 2.05) is 25.1 Å². The summed E-state index contributed by atoms with van der Waals surface area (Å²) in [7, 11) is 0. The van der Waals surface area contributed by atoms with Gasteiger partial charge in [0.05, 0.1) is 11.4 Å². The van der Waals surface area contributed by atoms with Gasteiger partial charge in [0.25, 0.3) is 5.56 Å². The van der Waals surface area contributed by atoms with Crippen LogP contribution in [0.15, 0.2) is 83.1 Å². The van der Waals surface area contributed by atoms with Crippen LogP contribution in [0.1, 0.15) is 11.3 Å². The number of thioether (sulfide) groups is 1. The highest BCUT2D eigenvalue weighted by atomic mass is 32.2. The fraction of sp³-hybridized carbons (Fsp3) is 0.0870. The summed E-state index contributed by atoms with van der Waals surface area (Å²) < 4.78 is 17.9. The Morgan fingerprint density at radius 3 is 2.75 bits per heavy atom. The van der Waals surface area contributed by atoms with E-state index in [-0.39, 0.29) is 5.56 Å². The second-order valence-corrected chi connectivity index (χ2v) is 8.09. The molecule has 0 amide bonds. The Bertz CT molecular complexity index is 1480. The zero-order valence-electron chi connectivity index (χ0n) is 17.0. The van der Waals surface area contributed by atoms with Crippen LogP contribution in [0.25, 0.3) is 22.7 Å². The van der Waals surface area contributed by atoms with E-state index in [2.05, 4.69) is 20.2 Å². The molecule has 7 nitrogen and oxygen atoms in total. The summed E-state index contributed by atoms with van der Waals surface area (Å²) in [4.78, 5) is 21.2. The predicted molar refractivity (Wildman–Crippen MR) is 120 cm³/mol. The summed E-state index contributed by atoms with van der Waals surface area (Å²) in [5.41, 5.74) is 3.05. The molecule has 0 bridgehead atoms. The van der Waals surface area contributed by atoms with Crippen molar-refractivity contribution in [1.29, 1.82) is 0 Å². The second-order valence-electron chi connectivity index (χ2n) is 7.14. The first-order valence-electron chi connectivity index (χ1n) is 9.82. The quantitative estimate of drug-likeness (QED) is 0.380. The average molecular weight is 444 g/mol. The highest BCUT2D eigenvalue weighted by Crippen LogP contribution is 2.30. The maximum atomic E-state index is 14.7. The van der Waals surface area contributed by atoms with Gasteiger partial charge in [0, 0.05) is 36.0 Å². The van der Waals surface area contributed by atoms with Gasteiger partial charge in [0.15, 0.2) is 11.0 Å². The molecule has 9 heteroatoms. The average Bonchev–Trinajstić information content (AvgIpc) is 3.23. The van der Waals surface area contributed by atoms with E-state index in [1.54, 1.807) is 47.4 Å². The summed E-state index contributed by atoms with van der Waals surface area (Å²) in [6, 6.07) is 15.3. The molecule has 0 saturated carbocycles. The molecule has 0 aliphatic carbocycles. The number of hydrogen-bond acceptors (Lipinski definition) is 6. The Balaban J connectivity index is 1.54. The van der Waals surface area contributed by atoms with Gasteiger partial charge in [-0.05, 0) is 42.8 Å². The van der Waals surface area contributed by atoms with Gasteiger partial charge in [0.2, 0.25) is 0 Å². The highest BCUT2D eigenvalue weighted by molar-refractivity contribution is 7.98. The van der Waals surface area contributed by atoms with Crippen LogP contribution in [0.5, 0.6) is 0 Å². The largest absolute Gasteiger partial charge is 0.269 e. The van der Waals surface area contributed by atoms with Crippen molar-refractivity contribution in [3.8, 4) is 17.1 Å². The van der Waals surface area contributed by atoms with Crippen LogP contribution in [0.3, 0.4) is 0 Å². The van der Waals surface area contributed by atoms with Crippen LogP contribution >= 0.6 is 11.8 Å². The minimum atomic E-state index is -0.392. The molecule has 4 aromatic heterocycles. The van der Waals surface area contributed by atoms with Crippen LogP contribution in [0.2, 0.25) is 0 Å². The van der Waals surface area contributed by atoms with Gasteiger partial charge in [-0.25, -0.2) is 9.37 Å². The molecule has 5 rings (SSSR count). The normalized spacial score (nSPS) is 11.2. The molecule has 0 saturated heterocycles. The second kappa shape index (κ2) is 8.35. The van der Waals surface area contributed by atoms with Gasteiger partial charge in [-0.1, -0.05) is 30.0 Å². The van der Waals surface area contributed by atoms with Crippen molar-refractivity contribution in [2.45, 2.75) is 17.8 Å². The van der Waals surface area contributed by atoms with E-state index < -0.39 is 5.82 Å². The number of nitrogens with zero attached hydrogens (tertiary/aromatic N) is 6. The highest BCUT2D eigenvalue weighted by Gasteiger charge is 2.19. The molecule has 0 fully saturated rings.